The fraction of sp³-hybridized carbons (Fsp3) is 0.316. The summed E-state index contributed by atoms with van der Waals surface area (Å²) in [5, 5.41) is 13.9. The predicted molar refractivity (Wildman–Crippen MR) is 95.9 cm³/mol. The third-order valence-corrected chi connectivity index (χ3v) is 6.25. The van der Waals surface area contributed by atoms with Crippen molar-refractivity contribution in [3.05, 3.63) is 56.9 Å². The Kier molecular flexibility index (Phi) is 4.10. The number of nitrogens with zero attached hydrogens (tertiary/aromatic N) is 1. The third kappa shape index (κ3) is 2.85. The molecule has 1 aromatic carbocycles. The molecule has 5 nitrogen and oxygen atoms in total. The molecule has 0 saturated heterocycles. The molecule has 2 atom stereocenters. The molecule has 4 rings (SSSR count). The minimum absolute atomic E-state index is 0.0426. The number of hydrogen-bond donors (Lipinski definition) is 1. The lowest BCUT2D eigenvalue weighted by atomic mass is 9.84. The summed E-state index contributed by atoms with van der Waals surface area (Å²) in [6.07, 6.45) is 4.31. The van der Waals surface area contributed by atoms with E-state index in [-0.39, 0.29) is 11.5 Å². The summed E-state index contributed by atoms with van der Waals surface area (Å²) < 4.78 is 5.22. The van der Waals surface area contributed by atoms with Crippen molar-refractivity contribution in [2.75, 3.05) is 0 Å². The molecule has 1 amide bonds. The quantitative estimate of drug-likeness (QED) is 0.836. The average molecular weight is 352 g/mol. The van der Waals surface area contributed by atoms with E-state index in [1.54, 1.807) is 30.0 Å². The van der Waals surface area contributed by atoms with E-state index in [1.165, 1.54) is 6.07 Å². The number of rotatable bonds is 2. The van der Waals surface area contributed by atoms with Gasteiger partial charge in [-0.2, -0.15) is 5.26 Å². The number of benzene rings is 1. The topological polar surface area (TPSA) is 83.1 Å². The SMILES string of the molecule is N#CC1=C(NC(=O)c2cc3ccccc3oc2=O)S[C@H]2CCCC[C@@H]12. The molecule has 0 unspecified atom stereocenters. The van der Waals surface area contributed by atoms with E-state index in [1.807, 2.05) is 6.07 Å². The fourth-order valence-electron chi connectivity index (χ4n) is 3.57. The Bertz CT molecular complexity index is 986. The van der Waals surface area contributed by atoms with Gasteiger partial charge in [0.15, 0.2) is 0 Å². The molecule has 2 aliphatic rings. The van der Waals surface area contributed by atoms with Gasteiger partial charge in [0.25, 0.3) is 5.91 Å². The number of carbonyl (C=O) groups excluding carboxylic acids is 1. The van der Waals surface area contributed by atoms with Crippen molar-refractivity contribution in [2.24, 2.45) is 5.92 Å². The van der Waals surface area contributed by atoms with Crippen LogP contribution in [0.3, 0.4) is 0 Å². The first-order valence-electron chi connectivity index (χ1n) is 8.32. The van der Waals surface area contributed by atoms with Crippen LogP contribution in [0, 0.1) is 17.2 Å². The van der Waals surface area contributed by atoms with Crippen LogP contribution < -0.4 is 10.9 Å². The van der Waals surface area contributed by atoms with E-state index in [2.05, 4.69) is 11.4 Å². The summed E-state index contributed by atoms with van der Waals surface area (Å²) in [7, 11) is 0. The molecular weight excluding hydrogens is 336 g/mol. The number of fused-ring (bicyclic) bond motifs is 2. The van der Waals surface area contributed by atoms with Gasteiger partial charge >= 0.3 is 5.63 Å². The van der Waals surface area contributed by atoms with Gasteiger partial charge in [-0.3, -0.25) is 4.79 Å². The number of carbonyl (C=O) groups is 1. The van der Waals surface area contributed by atoms with Gasteiger partial charge in [0.2, 0.25) is 0 Å². The van der Waals surface area contributed by atoms with Crippen molar-refractivity contribution in [2.45, 2.75) is 30.9 Å². The number of nitriles is 1. The van der Waals surface area contributed by atoms with Crippen LogP contribution in [0.1, 0.15) is 36.0 Å². The van der Waals surface area contributed by atoms with Gasteiger partial charge in [0.05, 0.1) is 16.7 Å². The van der Waals surface area contributed by atoms with Crippen LogP contribution in [0.2, 0.25) is 0 Å². The maximum atomic E-state index is 12.6. The predicted octanol–water partition coefficient (Wildman–Crippen LogP) is 3.56. The molecule has 6 heteroatoms. The summed E-state index contributed by atoms with van der Waals surface area (Å²) in [6.45, 7) is 0. The van der Waals surface area contributed by atoms with Crippen LogP contribution in [0.15, 0.2) is 50.1 Å². The van der Waals surface area contributed by atoms with Gasteiger partial charge in [0, 0.05) is 16.6 Å². The van der Waals surface area contributed by atoms with E-state index in [4.69, 9.17) is 4.42 Å². The van der Waals surface area contributed by atoms with Crippen molar-refractivity contribution in [3.63, 3.8) is 0 Å². The number of para-hydroxylation sites is 1. The molecule has 1 fully saturated rings. The molecule has 0 radical (unpaired) electrons. The highest BCUT2D eigenvalue weighted by atomic mass is 32.2. The minimum atomic E-state index is -0.671. The highest BCUT2D eigenvalue weighted by molar-refractivity contribution is 8.04. The first-order chi connectivity index (χ1) is 12.2. The Labute approximate surface area is 148 Å². The van der Waals surface area contributed by atoms with Crippen LogP contribution in [-0.4, -0.2) is 11.2 Å². The zero-order valence-corrected chi connectivity index (χ0v) is 14.3. The highest BCUT2D eigenvalue weighted by Crippen LogP contribution is 2.47. The maximum Gasteiger partial charge on any atom is 0.349 e. The number of hydrogen-bond acceptors (Lipinski definition) is 5. The number of allylic oxidation sites excluding steroid dienone is 1. The Hall–Kier alpha value is -2.52. The van der Waals surface area contributed by atoms with E-state index < -0.39 is 11.5 Å². The van der Waals surface area contributed by atoms with Crippen LogP contribution >= 0.6 is 11.8 Å². The average Bonchev–Trinajstić information content (AvgIpc) is 2.97. The maximum absolute atomic E-state index is 12.6. The van der Waals surface area contributed by atoms with Crippen LogP contribution in [-0.2, 0) is 0 Å². The van der Waals surface area contributed by atoms with Crippen molar-refractivity contribution in [1.82, 2.24) is 5.32 Å². The second kappa shape index (κ2) is 6.41. The molecule has 126 valence electrons. The third-order valence-electron chi connectivity index (χ3n) is 4.82. The van der Waals surface area contributed by atoms with E-state index in [0.29, 0.717) is 26.8 Å². The standard InChI is InChI=1S/C19H16N2O3S/c20-10-14-12-6-2-4-8-16(12)25-18(14)21-17(22)13-9-11-5-1-3-7-15(11)24-19(13)23/h1,3,5,7,9,12,16H,2,4,6,8H2,(H,21,22)/t12-,16-/m0/s1. The second-order valence-electron chi connectivity index (χ2n) is 6.34. The van der Waals surface area contributed by atoms with E-state index in [9.17, 15) is 14.9 Å². The molecule has 2 heterocycles. The van der Waals surface area contributed by atoms with Crippen molar-refractivity contribution in [1.29, 1.82) is 5.26 Å². The highest BCUT2D eigenvalue weighted by Gasteiger charge is 2.38. The van der Waals surface area contributed by atoms with Crippen LogP contribution in [0.5, 0.6) is 0 Å². The van der Waals surface area contributed by atoms with Gasteiger partial charge < -0.3 is 9.73 Å². The first kappa shape index (κ1) is 16.0. The monoisotopic (exact) mass is 352 g/mol. The molecule has 1 N–H and O–H groups in total. The van der Waals surface area contributed by atoms with Gasteiger partial charge in [-0.05, 0) is 25.0 Å². The Balaban J connectivity index is 1.65. The molecule has 1 aromatic heterocycles. The summed E-state index contributed by atoms with van der Waals surface area (Å²) in [5.41, 5.74) is 0.380. The van der Waals surface area contributed by atoms with E-state index in [0.717, 1.165) is 25.7 Å². The number of nitrogens with one attached hydrogen (secondary N) is 1. The zero-order chi connectivity index (χ0) is 17.4. The Morgan fingerprint density at radius 1 is 1.28 bits per heavy atom. The Morgan fingerprint density at radius 2 is 2.08 bits per heavy atom. The summed E-state index contributed by atoms with van der Waals surface area (Å²) in [4.78, 5) is 24.7. The van der Waals surface area contributed by atoms with Gasteiger partial charge in [0.1, 0.15) is 11.1 Å². The first-order valence-corrected chi connectivity index (χ1v) is 9.20. The fourth-order valence-corrected chi connectivity index (χ4v) is 5.07. The molecule has 2 aromatic rings. The molecular formula is C19H16N2O3S. The second-order valence-corrected chi connectivity index (χ2v) is 7.59. The van der Waals surface area contributed by atoms with Gasteiger partial charge in [-0.15, -0.1) is 11.8 Å². The van der Waals surface area contributed by atoms with Gasteiger partial charge in [-0.1, -0.05) is 31.0 Å². The molecule has 1 aliphatic heterocycles. The zero-order valence-electron chi connectivity index (χ0n) is 13.5. The minimum Gasteiger partial charge on any atom is -0.422 e. The van der Waals surface area contributed by atoms with Crippen LogP contribution in [0.25, 0.3) is 11.0 Å². The lowest BCUT2D eigenvalue weighted by Gasteiger charge is -2.24. The summed E-state index contributed by atoms with van der Waals surface area (Å²) >= 11 is 1.55. The largest absolute Gasteiger partial charge is 0.422 e. The summed E-state index contributed by atoms with van der Waals surface area (Å²) in [6, 6.07) is 10.9. The van der Waals surface area contributed by atoms with Crippen molar-refractivity contribution >= 4 is 28.6 Å². The lowest BCUT2D eigenvalue weighted by Crippen LogP contribution is -2.27. The molecule has 0 bridgehead atoms. The van der Waals surface area contributed by atoms with Crippen molar-refractivity contribution in [3.8, 4) is 6.07 Å². The normalized spacial score (nSPS) is 22.5. The number of amides is 1. The lowest BCUT2D eigenvalue weighted by molar-refractivity contribution is 0.0965. The van der Waals surface area contributed by atoms with Crippen molar-refractivity contribution < 1.29 is 9.21 Å². The smallest absolute Gasteiger partial charge is 0.349 e. The van der Waals surface area contributed by atoms with Crippen LogP contribution in [0.4, 0.5) is 0 Å². The number of thioether (sulfide) groups is 1. The molecule has 0 spiro atoms. The molecule has 25 heavy (non-hydrogen) atoms. The summed E-state index contributed by atoms with van der Waals surface area (Å²) in [5.74, 6) is -0.305. The Morgan fingerprint density at radius 3 is 2.92 bits per heavy atom. The van der Waals surface area contributed by atoms with E-state index >= 15 is 0 Å². The van der Waals surface area contributed by atoms with Gasteiger partial charge in [-0.25, -0.2) is 4.79 Å². The molecule has 1 aliphatic carbocycles. The molecule has 1 saturated carbocycles.